The molecule has 1 atom stereocenters. The molecule has 20 heavy (non-hydrogen) atoms. The molecule has 1 aliphatic heterocycles. The molecule has 0 amide bonds. The van der Waals surface area contributed by atoms with E-state index in [0.717, 1.165) is 13.1 Å². The van der Waals surface area contributed by atoms with Gasteiger partial charge in [0, 0.05) is 24.8 Å². The fourth-order valence-electron chi connectivity index (χ4n) is 2.24. The van der Waals surface area contributed by atoms with Gasteiger partial charge in [0.25, 0.3) is 0 Å². The minimum Gasteiger partial charge on any atom is -0.459 e. The van der Waals surface area contributed by atoms with E-state index in [-0.39, 0.29) is 12.7 Å². The van der Waals surface area contributed by atoms with Crippen LogP contribution in [0.4, 0.5) is 5.69 Å². The van der Waals surface area contributed by atoms with Crippen LogP contribution in [0.2, 0.25) is 0 Å². The molecule has 0 aromatic heterocycles. The molecule has 5 nitrogen and oxygen atoms in total. The largest absolute Gasteiger partial charge is 0.459 e. The first-order chi connectivity index (χ1) is 9.58. The molecule has 1 saturated heterocycles. The Morgan fingerprint density at radius 2 is 2.25 bits per heavy atom. The minimum atomic E-state index is -0.395. The van der Waals surface area contributed by atoms with E-state index in [0.29, 0.717) is 23.9 Å². The van der Waals surface area contributed by atoms with Crippen LogP contribution in [-0.2, 0) is 9.47 Å². The van der Waals surface area contributed by atoms with Crippen molar-refractivity contribution in [2.24, 2.45) is 0 Å². The maximum absolute atomic E-state index is 12.0. The van der Waals surface area contributed by atoms with Gasteiger partial charge in [0.2, 0.25) is 0 Å². The van der Waals surface area contributed by atoms with E-state index < -0.39 is 5.97 Å². The number of nitrogen functional groups attached to an aromatic ring is 1. The van der Waals surface area contributed by atoms with Gasteiger partial charge >= 0.3 is 5.97 Å². The Morgan fingerprint density at radius 3 is 2.95 bits per heavy atom. The van der Waals surface area contributed by atoms with Crippen LogP contribution in [0.15, 0.2) is 24.3 Å². The standard InChI is InChI=1S/C15H22N2O3/c1-11(2)17-7-8-19-12(9-17)10-20-15(18)13-5-3-4-6-14(13)16/h3-6,11-12H,7-10,16H2,1-2H3. The van der Waals surface area contributed by atoms with E-state index in [1.165, 1.54) is 0 Å². The van der Waals surface area contributed by atoms with Gasteiger partial charge in [-0.15, -0.1) is 0 Å². The lowest BCUT2D eigenvalue weighted by molar-refractivity contribution is -0.0662. The van der Waals surface area contributed by atoms with Crippen LogP contribution in [0.3, 0.4) is 0 Å². The maximum atomic E-state index is 12.0. The number of carbonyl (C=O) groups is 1. The van der Waals surface area contributed by atoms with Gasteiger partial charge < -0.3 is 15.2 Å². The van der Waals surface area contributed by atoms with Crippen molar-refractivity contribution in [1.29, 1.82) is 0 Å². The van der Waals surface area contributed by atoms with Crippen LogP contribution in [0, 0.1) is 0 Å². The number of para-hydroxylation sites is 1. The second-order valence-electron chi connectivity index (χ2n) is 5.27. The predicted molar refractivity (Wildman–Crippen MR) is 77.6 cm³/mol. The summed E-state index contributed by atoms with van der Waals surface area (Å²) < 4.78 is 10.9. The number of hydrogen-bond acceptors (Lipinski definition) is 5. The van der Waals surface area contributed by atoms with E-state index in [2.05, 4.69) is 18.7 Å². The lowest BCUT2D eigenvalue weighted by Gasteiger charge is -2.35. The molecule has 0 bridgehead atoms. The zero-order valence-corrected chi connectivity index (χ0v) is 12.0. The van der Waals surface area contributed by atoms with Crippen LogP contribution < -0.4 is 5.73 Å². The van der Waals surface area contributed by atoms with E-state index in [4.69, 9.17) is 15.2 Å². The normalized spacial score (nSPS) is 20.1. The third-order valence-corrected chi connectivity index (χ3v) is 3.48. The SMILES string of the molecule is CC(C)N1CCOC(COC(=O)c2ccccc2N)C1. The lowest BCUT2D eigenvalue weighted by Crippen LogP contribution is -2.47. The van der Waals surface area contributed by atoms with Crippen molar-refractivity contribution in [3.05, 3.63) is 29.8 Å². The number of benzene rings is 1. The van der Waals surface area contributed by atoms with E-state index >= 15 is 0 Å². The summed E-state index contributed by atoms with van der Waals surface area (Å²) in [7, 11) is 0. The average Bonchev–Trinajstić information content (AvgIpc) is 2.45. The van der Waals surface area contributed by atoms with Gasteiger partial charge in [-0.05, 0) is 26.0 Å². The van der Waals surface area contributed by atoms with Crippen molar-refractivity contribution in [2.75, 3.05) is 32.0 Å². The van der Waals surface area contributed by atoms with Crippen molar-refractivity contribution in [3.8, 4) is 0 Å². The van der Waals surface area contributed by atoms with E-state index in [1.807, 2.05) is 0 Å². The van der Waals surface area contributed by atoms with E-state index in [9.17, 15) is 4.79 Å². The summed E-state index contributed by atoms with van der Waals surface area (Å²) in [5.74, 6) is -0.395. The Bertz CT molecular complexity index is 462. The number of ether oxygens (including phenoxy) is 2. The first-order valence-corrected chi connectivity index (χ1v) is 6.95. The Balaban J connectivity index is 1.86. The van der Waals surface area contributed by atoms with Crippen molar-refractivity contribution in [1.82, 2.24) is 4.90 Å². The van der Waals surface area contributed by atoms with Crippen molar-refractivity contribution >= 4 is 11.7 Å². The second-order valence-corrected chi connectivity index (χ2v) is 5.27. The van der Waals surface area contributed by atoms with Gasteiger partial charge in [-0.3, -0.25) is 4.90 Å². The number of nitrogens with zero attached hydrogens (tertiary/aromatic N) is 1. The van der Waals surface area contributed by atoms with Gasteiger partial charge in [-0.2, -0.15) is 0 Å². The van der Waals surface area contributed by atoms with Crippen molar-refractivity contribution in [3.63, 3.8) is 0 Å². The molecule has 0 spiro atoms. The Morgan fingerprint density at radius 1 is 1.50 bits per heavy atom. The topological polar surface area (TPSA) is 64.8 Å². The number of carbonyl (C=O) groups excluding carboxylic acids is 1. The fraction of sp³-hybridized carbons (Fsp3) is 0.533. The third-order valence-electron chi connectivity index (χ3n) is 3.48. The van der Waals surface area contributed by atoms with Crippen LogP contribution in [-0.4, -0.2) is 49.3 Å². The minimum absolute atomic E-state index is 0.0694. The smallest absolute Gasteiger partial charge is 0.340 e. The summed E-state index contributed by atoms with van der Waals surface area (Å²) >= 11 is 0. The first-order valence-electron chi connectivity index (χ1n) is 6.95. The summed E-state index contributed by atoms with van der Waals surface area (Å²) in [6, 6.07) is 7.39. The molecule has 110 valence electrons. The van der Waals surface area contributed by atoms with Crippen LogP contribution in [0.5, 0.6) is 0 Å². The van der Waals surface area contributed by atoms with Crippen LogP contribution in [0.1, 0.15) is 24.2 Å². The monoisotopic (exact) mass is 278 g/mol. The fourth-order valence-corrected chi connectivity index (χ4v) is 2.24. The third kappa shape index (κ3) is 3.71. The highest BCUT2D eigenvalue weighted by Crippen LogP contribution is 2.13. The number of nitrogens with two attached hydrogens (primary N) is 1. The van der Waals surface area contributed by atoms with Crippen molar-refractivity contribution < 1.29 is 14.3 Å². The second kappa shape index (κ2) is 6.72. The number of rotatable bonds is 4. The molecular weight excluding hydrogens is 256 g/mol. The predicted octanol–water partition coefficient (Wildman–Crippen LogP) is 1.53. The average molecular weight is 278 g/mol. The molecule has 1 fully saturated rings. The molecule has 0 radical (unpaired) electrons. The van der Waals surface area contributed by atoms with Gasteiger partial charge in [0.05, 0.1) is 12.2 Å². The number of morpholine rings is 1. The number of esters is 1. The molecule has 0 aliphatic carbocycles. The van der Waals surface area contributed by atoms with Gasteiger partial charge in [-0.1, -0.05) is 12.1 Å². The summed E-state index contributed by atoms with van der Waals surface area (Å²) in [6.45, 7) is 6.95. The maximum Gasteiger partial charge on any atom is 0.340 e. The lowest BCUT2D eigenvalue weighted by atomic mass is 10.2. The Hall–Kier alpha value is -1.59. The summed E-state index contributed by atoms with van der Waals surface area (Å²) in [5.41, 5.74) is 6.59. The summed E-state index contributed by atoms with van der Waals surface area (Å²) in [5, 5.41) is 0. The summed E-state index contributed by atoms with van der Waals surface area (Å²) in [4.78, 5) is 14.3. The molecule has 1 aliphatic rings. The van der Waals surface area contributed by atoms with Crippen molar-refractivity contribution in [2.45, 2.75) is 26.0 Å². The molecule has 2 N–H and O–H groups in total. The molecule has 1 aromatic rings. The molecule has 1 unspecified atom stereocenters. The van der Waals surface area contributed by atoms with Crippen LogP contribution in [0.25, 0.3) is 0 Å². The number of anilines is 1. The zero-order valence-electron chi connectivity index (χ0n) is 12.0. The molecule has 5 heteroatoms. The molecule has 0 saturated carbocycles. The molecule has 2 rings (SSSR count). The zero-order chi connectivity index (χ0) is 14.5. The van der Waals surface area contributed by atoms with Gasteiger partial charge in [0.1, 0.15) is 12.7 Å². The van der Waals surface area contributed by atoms with Gasteiger partial charge in [0.15, 0.2) is 0 Å². The molecule has 1 aromatic carbocycles. The highest BCUT2D eigenvalue weighted by atomic mass is 16.6. The van der Waals surface area contributed by atoms with E-state index in [1.54, 1.807) is 24.3 Å². The van der Waals surface area contributed by atoms with Gasteiger partial charge in [-0.25, -0.2) is 4.79 Å². The van der Waals surface area contributed by atoms with Crippen LogP contribution >= 0.6 is 0 Å². The summed E-state index contributed by atoms with van der Waals surface area (Å²) in [6.07, 6.45) is -0.0694. The quantitative estimate of drug-likeness (QED) is 0.668. The first kappa shape index (κ1) is 14.8. The highest BCUT2D eigenvalue weighted by molar-refractivity contribution is 5.94. The Labute approximate surface area is 119 Å². The number of hydrogen-bond donors (Lipinski definition) is 1. The highest BCUT2D eigenvalue weighted by Gasteiger charge is 2.23. The molecular formula is C15H22N2O3. The Kier molecular flexibility index (Phi) is 4.98. The molecule has 1 heterocycles.